The molecule has 18 heavy (non-hydrogen) atoms. The molecule has 2 rings (SSSR count). The van der Waals surface area contributed by atoms with Gasteiger partial charge in [-0.05, 0) is 26.7 Å². The van der Waals surface area contributed by atoms with Gasteiger partial charge in [-0.2, -0.15) is 13.2 Å². The van der Waals surface area contributed by atoms with E-state index in [-0.39, 0.29) is 5.82 Å². The monoisotopic (exact) mass is 259 g/mol. The molecule has 6 heteroatoms. The fourth-order valence-corrected chi connectivity index (χ4v) is 1.86. The highest BCUT2D eigenvalue weighted by atomic mass is 19.4. The van der Waals surface area contributed by atoms with Gasteiger partial charge in [0.25, 0.3) is 0 Å². The highest BCUT2D eigenvalue weighted by molar-refractivity contribution is 5.24. The molecule has 1 aromatic rings. The quantitative estimate of drug-likeness (QED) is 0.902. The van der Waals surface area contributed by atoms with Crippen LogP contribution in [0.4, 0.5) is 13.2 Å². The van der Waals surface area contributed by atoms with E-state index in [1.807, 2.05) is 0 Å². The predicted octanol–water partition coefficient (Wildman–Crippen LogP) is 2.45. The average Bonchev–Trinajstić information content (AvgIpc) is 2.97. The van der Waals surface area contributed by atoms with Crippen LogP contribution in [-0.4, -0.2) is 22.2 Å². The molecule has 1 fully saturated rings. The lowest BCUT2D eigenvalue weighted by Crippen LogP contribution is -2.20. The fraction of sp³-hybridized carbons (Fsp3) is 0.667. The van der Waals surface area contributed by atoms with Crippen molar-refractivity contribution < 1.29 is 13.2 Å². The molecule has 0 amide bonds. The van der Waals surface area contributed by atoms with Gasteiger partial charge < -0.3 is 5.32 Å². The van der Waals surface area contributed by atoms with Gasteiger partial charge in [0.1, 0.15) is 12.2 Å². The van der Waals surface area contributed by atoms with Crippen LogP contribution >= 0.6 is 0 Å². The van der Waals surface area contributed by atoms with Gasteiger partial charge in [-0.15, -0.1) is 0 Å². The third-order valence-electron chi connectivity index (χ3n) is 2.97. The first-order chi connectivity index (χ1) is 8.35. The van der Waals surface area contributed by atoms with Gasteiger partial charge >= 0.3 is 6.18 Å². The maximum absolute atomic E-state index is 12.3. The molecule has 1 aromatic heterocycles. The number of halogens is 3. The molecule has 100 valence electrons. The van der Waals surface area contributed by atoms with Crippen molar-refractivity contribution in [1.29, 1.82) is 0 Å². The minimum atomic E-state index is -4.26. The molecule has 3 nitrogen and oxygen atoms in total. The van der Waals surface area contributed by atoms with E-state index >= 15 is 0 Å². The third kappa shape index (κ3) is 3.66. The highest BCUT2D eigenvalue weighted by Crippen LogP contribution is 2.22. The molecule has 0 aliphatic heterocycles. The molecule has 0 aromatic carbocycles. The molecular weight excluding hydrogens is 243 g/mol. The summed E-state index contributed by atoms with van der Waals surface area (Å²) in [6.45, 7) is 4.10. The van der Waals surface area contributed by atoms with Gasteiger partial charge in [0.15, 0.2) is 0 Å². The van der Waals surface area contributed by atoms with E-state index in [1.165, 1.54) is 12.8 Å². The van der Waals surface area contributed by atoms with Gasteiger partial charge in [0, 0.05) is 29.5 Å². The van der Waals surface area contributed by atoms with Crippen LogP contribution in [0.15, 0.2) is 0 Å². The van der Waals surface area contributed by atoms with Crippen LogP contribution in [-0.2, 0) is 13.0 Å². The number of nitrogens with zero attached hydrogens (tertiary/aromatic N) is 2. The molecule has 0 spiro atoms. The molecule has 1 aliphatic carbocycles. The predicted molar refractivity (Wildman–Crippen MR) is 61.1 cm³/mol. The lowest BCUT2D eigenvalue weighted by atomic mass is 10.1. The fourth-order valence-electron chi connectivity index (χ4n) is 1.86. The van der Waals surface area contributed by atoms with Crippen LogP contribution in [0, 0.1) is 13.8 Å². The van der Waals surface area contributed by atoms with Crippen LogP contribution in [0.25, 0.3) is 0 Å². The zero-order valence-electron chi connectivity index (χ0n) is 10.4. The summed E-state index contributed by atoms with van der Waals surface area (Å²) in [5.41, 5.74) is 2.18. The summed E-state index contributed by atoms with van der Waals surface area (Å²) in [6.07, 6.45) is -2.98. The minimum Gasteiger partial charge on any atom is -0.310 e. The molecule has 1 saturated carbocycles. The van der Waals surface area contributed by atoms with Crippen molar-refractivity contribution >= 4 is 0 Å². The van der Waals surface area contributed by atoms with E-state index in [0.29, 0.717) is 24.0 Å². The Labute approximate surface area is 104 Å². The van der Waals surface area contributed by atoms with E-state index < -0.39 is 12.6 Å². The van der Waals surface area contributed by atoms with Gasteiger partial charge in [0.2, 0.25) is 0 Å². The zero-order valence-corrected chi connectivity index (χ0v) is 10.4. The lowest BCUT2D eigenvalue weighted by molar-refractivity contribution is -0.128. The number of rotatable bonds is 4. The van der Waals surface area contributed by atoms with Crippen molar-refractivity contribution in [3.8, 4) is 0 Å². The topological polar surface area (TPSA) is 37.8 Å². The Morgan fingerprint density at radius 1 is 1.17 bits per heavy atom. The van der Waals surface area contributed by atoms with E-state index in [9.17, 15) is 13.2 Å². The van der Waals surface area contributed by atoms with Crippen molar-refractivity contribution in [1.82, 2.24) is 15.3 Å². The second-order valence-electron chi connectivity index (χ2n) is 4.74. The number of alkyl halides is 3. The molecule has 0 radical (unpaired) electrons. The summed E-state index contributed by atoms with van der Waals surface area (Å²) in [6, 6.07) is 0.554. The van der Waals surface area contributed by atoms with Gasteiger partial charge in [-0.3, -0.25) is 0 Å². The highest BCUT2D eigenvalue weighted by Gasteiger charge is 2.30. The van der Waals surface area contributed by atoms with Crippen molar-refractivity contribution in [3.05, 3.63) is 22.8 Å². The molecule has 0 bridgehead atoms. The maximum Gasteiger partial charge on any atom is 0.396 e. The largest absolute Gasteiger partial charge is 0.396 e. The number of aryl methyl sites for hydroxylation is 2. The minimum absolute atomic E-state index is 0.146. The van der Waals surface area contributed by atoms with Crippen LogP contribution in [0.1, 0.15) is 35.6 Å². The first-order valence-corrected chi connectivity index (χ1v) is 5.98. The Morgan fingerprint density at radius 2 is 1.72 bits per heavy atom. The molecular formula is C12H16F3N3. The summed E-state index contributed by atoms with van der Waals surface area (Å²) in [7, 11) is 0. The smallest absolute Gasteiger partial charge is 0.310 e. The summed E-state index contributed by atoms with van der Waals surface area (Å²) in [4.78, 5) is 7.89. The van der Waals surface area contributed by atoms with Gasteiger partial charge in [-0.1, -0.05) is 0 Å². The first kappa shape index (κ1) is 13.3. The Hall–Kier alpha value is -1.17. The number of hydrogen-bond donors (Lipinski definition) is 1. The Bertz CT molecular complexity index is 416. The Kier molecular flexibility index (Phi) is 3.56. The molecule has 0 unspecified atom stereocenters. The molecule has 1 N–H and O–H groups in total. The zero-order chi connectivity index (χ0) is 13.3. The Balaban J connectivity index is 2.11. The van der Waals surface area contributed by atoms with Crippen LogP contribution in [0.3, 0.4) is 0 Å². The third-order valence-corrected chi connectivity index (χ3v) is 2.97. The van der Waals surface area contributed by atoms with E-state index in [4.69, 9.17) is 0 Å². The number of hydrogen-bond acceptors (Lipinski definition) is 3. The number of aromatic nitrogens is 2. The molecule has 1 heterocycles. The Morgan fingerprint density at radius 3 is 2.17 bits per heavy atom. The summed E-state index contributed by atoms with van der Waals surface area (Å²) in [5, 5.41) is 3.32. The van der Waals surface area contributed by atoms with Crippen LogP contribution in [0.2, 0.25) is 0 Å². The summed E-state index contributed by atoms with van der Waals surface area (Å²) < 4.78 is 36.8. The normalized spacial score (nSPS) is 16.1. The second-order valence-corrected chi connectivity index (χ2v) is 4.74. The summed E-state index contributed by atoms with van der Waals surface area (Å²) >= 11 is 0. The second kappa shape index (κ2) is 4.84. The van der Waals surface area contributed by atoms with E-state index in [1.54, 1.807) is 13.8 Å². The van der Waals surface area contributed by atoms with Crippen LogP contribution in [0.5, 0.6) is 0 Å². The first-order valence-electron chi connectivity index (χ1n) is 5.98. The molecule has 0 atom stereocenters. The molecule has 1 aliphatic rings. The number of nitrogens with one attached hydrogen (secondary N) is 1. The van der Waals surface area contributed by atoms with Gasteiger partial charge in [0.05, 0.1) is 0 Å². The lowest BCUT2D eigenvalue weighted by Gasteiger charge is -2.12. The van der Waals surface area contributed by atoms with Crippen molar-refractivity contribution in [2.45, 2.75) is 51.9 Å². The van der Waals surface area contributed by atoms with E-state index in [0.717, 1.165) is 5.56 Å². The van der Waals surface area contributed by atoms with Crippen molar-refractivity contribution in [3.63, 3.8) is 0 Å². The van der Waals surface area contributed by atoms with Crippen molar-refractivity contribution in [2.24, 2.45) is 0 Å². The van der Waals surface area contributed by atoms with Crippen molar-refractivity contribution in [2.75, 3.05) is 0 Å². The molecule has 0 saturated heterocycles. The van der Waals surface area contributed by atoms with E-state index in [2.05, 4.69) is 15.3 Å². The SMILES string of the molecule is Cc1nc(CC(F)(F)F)nc(C)c1CNC1CC1. The van der Waals surface area contributed by atoms with Gasteiger partial charge in [-0.25, -0.2) is 9.97 Å². The standard InChI is InChI=1S/C12H16F3N3/c1-7-10(6-16-9-3-4-9)8(2)18-11(17-7)5-12(13,14)15/h9,16H,3-6H2,1-2H3. The summed E-state index contributed by atoms with van der Waals surface area (Å²) in [5.74, 6) is -0.146. The van der Waals surface area contributed by atoms with Crippen LogP contribution < -0.4 is 5.32 Å². The maximum atomic E-state index is 12.3. The average molecular weight is 259 g/mol.